The zero-order valence-corrected chi connectivity index (χ0v) is 16.9. The van der Waals surface area contributed by atoms with E-state index in [0.717, 1.165) is 37.2 Å². The van der Waals surface area contributed by atoms with Crippen molar-refractivity contribution >= 4 is 28.2 Å². The van der Waals surface area contributed by atoms with Gasteiger partial charge in [-0.3, -0.25) is 9.59 Å². The quantitative estimate of drug-likeness (QED) is 0.824. The van der Waals surface area contributed by atoms with Crippen LogP contribution in [0.3, 0.4) is 0 Å². The number of thiophene rings is 1. The van der Waals surface area contributed by atoms with Gasteiger partial charge >= 0.3 is 0 Å². The zero-order valence-electron chi connectivity index (χ0n) is 16.1. The van der Waals surface area contributed by atoms with Crippen LogP contribution in [0.25, 0.3) is 0 Å². The summed E-state index contributed by atoms with van der Waals surface area (Å²) in [5.41, 5.74) is 7.63. The average molecular weight is 375 g/mol. The van der Waals surface area contributed by atoms with Crippen LogP contribution in [0.1, 0.15) is 73.7 Å². The van der Waals surface area contributed by atoms with Crippen LogP contribution in [-0.4, -0.2) is 11.8 Å². The minimum absolute atomic E-state index is 0.102. The molecule has 142 valence electrons. The number of carbonyl (C=O) groups is 2. The second kappa shape index (κ2) is 6.36. The predicted molar refractivity (Wildman–Crippen MR) is 105 cm³/mol. The third-order valence-corrected chi connectivity index (χ3v) is 8.22. The molecule has 5 heteroatoms. The molecule has 2 saturated carbocycles. The van der Waals surface area contributed by atoms with Gasteiger partial charge in [0.1, 0.15) is 5.00 Å². The van der Waals surface area contributed by atoms with Crippen LogP contribution < -0.4 is 11.1 Å². The first-order valence-corrected chi connectivity index (χ1v) is 10.8. The van der Waals surface area contributed by atoms with Crippen LogP contribution in [0, 0.1) is 29.1 Å². The summed E-state index contributed by atoms with van der Waals surface area (Å²) < 4.78 is 0. The van der Waals surface area contributed by atoms with Crippen molar-refractivity contribution in [3.63, 3.8) is 0 Å². The van der Waals surface area contributed by atoms with Crippen LogP contribution in [0.15, 0.2) is 0 Å². The van der Waals surface area contributed by atoms with E-state index in [0.29, 0.717) is 22.4 Å². The van der Waals surface area contributed by atoms with Gasteiger partial charge in [-0.25, -0.2) is 0 Å². The first-order chi connectivity index (χ1) is 12.2. The molecule has 0 radical (unpaired) electrons. The van der Waals surface area contributed by atoms with Crippen molar-refractivity contribution in [3.8, 4) is 0 Å². The number of nitrogens with one attached hydrogen (secondary N) is 1. The van der Waals surface area contributed by atoms with Gasteiger partial charge in [0, 0.05) is 10.8 Å². The van der Waals surface area contributed by atoms with Crippen LogP contribution >= 0.6 is 11.3 Å². The summed E-state index contributed by atoms with van der Waals surface area (Å²) in [5, 5.41) is 3.81. The molecule has 2 bridgehead atoms. The molecule has 2 fully saturated rings. The fraction of sp³-hybridized carbons (Fsp3) is 0.714. The van der Waals surface area contributed by atoms with Gasteiger partial charge in [-0.2, -0.15) is 0 Å². The van der Waals surface area contributed by atoms with Crippen molar-refractivity contribution in [2.45, 2.75) is 65.7 Å². The third-order valence-electron chi connectivity index (χ3n) is 7.05. The summed E-state index contributed by atoms with van der Waals surface area (Å²) >= 11 is 1.58. The lowest BCUT2D eigenvalue weighted by Crippen LogP contribution is -2.28. The molecule has 0 spiro atoms. The summed E-state index contributed by atoms with van der Waals surface area (Å²) in [4.78, 5) is 26.2. The van der Waals surface area contributed by atoms with E-state index in [2.05, 4.69) is 26.1 Å². The van der Waals surface area contributed by atoms with Gasteiger partial charge in [-0.15, -0.1) is 11.3 Å². The maximum Gasteiger partial charge on any atom is 0.251 e. The lowest BCUT2D eigenvalue weighted by molar-refractivity contribution is -0.121. The van der Waals surface area contributed by atoms with Crippen molar-refractivity contribution in [3.05, 3.63) is 16.0 Å². The van der Waals surface area contributed by atoms with E-state index in [9.17, 15) is 9.59 Å². The monoisotopic (exact) mass is 374 g/mol. The van der Waals surface area contributed by atoms with Crippen molar-refractivity contribution in [1.82, 2.24) is 0 Å². The van der Waals surface area contributed by atoms with Crippen LogP contribution in [0.5, 0.6) is 0 Å². The lowest BCUT2D eigenvalue weighted by Gasteiger charge is -2.33. The molecule has 4 rings (SSSR count). The van der Waals surface area contributed by atoms with E-state index >= 15 is 0 Å². The van der Waals surface area contributed by atoms with E-state index in [1.165, 1.54) is 24.1 Å². The Hall–Kier alpha value is -1.36. The van der Waals surface area contributed by atoms with Crippen LogP contribution in [0.4, 0.5) is 5.00 Å². The van der Waals surface area contributed by atoms with E-state index in [-0.39, 0.29) is 17.2 Å². The maximum absolute atomic E-state index is 12.9. The molecule has 0 aliphatic heterocycles. The Morgan fingerprint density at radius 2 is 1.92 bits per heavy atom. The number of fused-ring (bicyclic) bond motifs is 3. The molecule has 0 saturated heterocycles. The number of rotatable bonds is 3. The van der Waals surface area contributed by atoms with Gasteiger partial charge in [0.2, 0.25) is 5.91 Å². The highest BCUT2D eigenvalue weighted by Crippen LogP contribution is 2.49. The highest BCUT2D eigenvalue weighted by molar-refractivity contribution is 7.17. The largest absolute Gasteiger partial charge is 0.365 e. The molecular weight excluding hydrogens is 344 g/mol. The number of hydrogen-bond donors (Lipinski definition) is 2. The Morgan fingerprint density at radius 1 is 1.15 bits per heavy atom. The predicted octanol–water partition coefficient (Wildman–Crippen LogP) is 4.37. The Bertz CT molecular complexity index is 746. The summed E-state index contributed by atoms with van der Waals surface area (Å²) in [6.45, 7) is 6.84. The smallest absolute Gasteiger partial charge is 0.251 e. The third kappa shape index (κ3) is 3.08. The van der Waals surface area contributed by atoms with Gasteiger partial charge in [-0.1, -0.05) is 27.2 Å². The van der Waals surface area contributed by atoms with Gasteiger partial charge in [0.15, 0.2) is 0 Å². The minimum Gasteiger partial charge on any atom is -0.365 e. The van der Waals surface area contributed by atoms with Crippen LogP contribution in [0.2, 0.25) is 0 Å². The van der Waals surface area contributed by atoms with Gasteiger partial charge in [0.05, 0.1) is 5.56 Å². The van der Waals surface area contributed by atoms with E-state index < -0.39 is 5.91 Å². The topological polar surface area (TPSA) is 72.2 Å². The highest BCUT2D eigenvalue weighted by atomic mass is 32.1. The second-order valence-electron chi connectivity index (χ2n) is 9.65. The van der Waals surface area contributed by atoms with Crippen molar-refractivity contribution < 1.29 is 9.59 Å². The highest BCUT2D eigenvalue weighted by Gasteiger charge is 2.43. The summed E-state index contributed by atoms with van der Waals surface area (Å²) in [6.07, 6.45) is 7.62. The summed E-state index contributed by atoms with van der Waals surface area (Å²) in [6, 6.07) is 0. The van der Waals surface area contributed by atoms with Crippen molar-refractivity contribution in [2.24, 2.45) is 34.8 Å². The summed E-state index contributed by atoms with van der Waals surface area (Å²) in [5.74, 6) is 1.69. The number of carbonyl (C=O) groups excluding carboxylic acids is 2. The van der Waals surface area contributed by atoms with Crippen molar-refractivity contribution in [2.75, 3.05) is 5.32 Å². The minimum atomic E-state index is -0.403. The van der Waals surface area contributed by atoms with E-state index in [4.69, 9.17) is 5.73 Å². The molecule has 26 heavy (non-hydrogen) atoms. The molecule has 2 amide bonds. The molecule has 3 N–H and O–H groups in total. The fourth-order valence-corrected chi connectivity index (χ4v) is 6.78. The first-order valence-electron chi connectivity index (χ1n) is 9.99. The van der Waals surface area contributed by atoms with Crippen LogP contribution in [-0.2, 0) is 17.6 Å². The average Bonchev–Trinajstić information content (AvgIpc) is 3.26. The van der Waals surface area contributed by atoms with E-state index in [1.54, 1.807) is 11.3 Å². The SMILES string of the molecule is CC(C)(C)[C@H]1CCc2c(sc(NC(=O)[C@H]3C[C@@H]4CC[C@@H]3C4)c2C(N)=O)C1. The zero-order chi connectivity index (χ0) is 18.6. The number of amides is 2. The van der Waals surface area contributed by atoms with E-state index in [1.807, 2.05) is 0 Å². The van der Waals surface area contributed by atoms with Gasteiger partial charge < -0.3 is 11.1 Å². The number of primary amides is 1. The lowest BCUT2D eigenvalue weighted by atomic mass is 9.72. The standard InChI is InChI=1S/C21H30N2O2S/c1-21(2,3)13-6-7-14-16(10-13)26-20(17(14)18(22)24)23-19(25)15-9-11-4-5-12(15)8-11/h11-13,15H,4-10H2,1-3H3,(H2,22,24)(H,23,25)/t11-,12-,13+,15+/m1/s1. The molecule has 0 unspecified atom stereocenters. The Balaban J connectivity index is 1.58. The molecule has 4 atom stereocenters. The Morgan fingerprint density at radius 3 is 2.50 bits per heavy atom. The second-order valence-corrected chi connectivity index (χ2v) is 10.8. The van der Waals surface area contributed by atoms with Gasteiger partial charge in [-0.05, 0) is 67.3 Å². The molecular formula is C21H30N2O2S. The molecule has 3 aliphatic rings. The first kappa shape index (κ1) is 18.0. The molecule has 1 aromatic rings. The normalized spacial score (nSPS) is 30.3. The molecule has 1 aromatic heterocycles. The molecule has 1 heterocycles. The number of hydrogen-bond acceptors (Lipinski definition) is 3. The number of anilines is 1. The van der Waals surface area contributed by atoms with Gasteiger partial charge in [0.25, 0.3) is 5.91 Å². The summed E-state index contributed by atoms with van der Waals surface area (Å²) in [7, 11) is 0. The molecule has 0 aromatic carbocycles. The Labute approximate surface area is 159 Å². The number of nitrogens with two attached hydrogens (primary N) is 1. The Kier molecular flexibility index (Phi) is 4.41. The molecule has 4 nitrogen and oxygen atoms in total. The molecule has 3 aliphatic carbocycles. The van der Waals surface area contributed by atoms with Crippen molar-refractivity contribution in [1.29, 1.82) is 0 Å². The fourth-order valence-electron chi connectivity index (χ4n) is 5.44. The maximum atomic E-state index is 12.9.